The molecule has 6 heteroatoms. The van der Waals surface area contributed by atoms with Crippen LogP contribution in [0.2, 0.25) is 5.02 Å². The first kappa shape index (κ1) is 18.8. The highest BCUT2D eigenvalue weighted by Crippen LogP contribution is 2.23. The number of nitrogens with zero attached hydrogens (tertiary/aromatic N) is 1. The molecule has 24 heavy (non-hydrogen) atoms. The van der Waals surface area contributed by atoms with E-state index in [0.717, 1.165) is 35.1 Å². The van der Waals surface area contributed by atoms with Gasteiger partial charge in [0.05, 0.1) is 39.5 Å². The van der Waals surface area contributed by atoms with Crippen molar-refractivity contribution in [2.24, 2.45) is 0 Å². The molecule has 4 nitrogen and oxygen atoms in total. The van der Waals surface area contributed by atoms with Crippen LogP contribution in [0.1, 0.15) is 24.3 Å². The van der Waals surface area contributed by atoms with E-state index in [1.165, 1.54) is 4.90 Å². The number of halogens is 1. The third-order valence-corrected chi connectivity index (χ3v) is 4.70. The van der Waals surface area contributed by atoms with Crippen molar-refractivity contribution < 1.29 is 9.32 Å². The summed E-state index contributed by atoms with van der Waals surface area (Å²) in [5.41, 5.74) is 1.94. The number of hydrogen-bond donors (Lipinski definition) is 2. The van der Waals surface area contributed by atoms with Gasteiger partial charge in [0.2, 0.25) is 0 Å². The molecule has 0 amide bonds. The van der Waals surface area contributed by atoms with Gasteiger partial charge in [-0.3, -0.25) is 0 Å². The molecule has 2 aromatic rings. The number of likely N-dealkylation sites (N-methyl/N-ethyl adjacent to an activating group) is 1. The van der Waals surface area contributed by atoms with E-state index in [4.69, 9.17) is 28.2 Å². The molecule has 0 bridgehead atoms. The summed E-state index contributed by atoms with van der Waals surface area (Å²) in [5, 5.41) is 4.69. The Morgan fingerprint density at radius 2 is 2.12 bits per heavy atom. The lowest BCUT2D eigenvalue weighted by atomic mass is 10.2. The predicted octanol–water partition coefficient (Wildman–Crippen LogP) is 3.15. The minimum atomic E-state index is 0.0558. The molecule has 0 aliphatic heterocycles. The summed E-state index contributed by atoms with van der Waals surface area (Å²) >= 11 is 11.9. The zero-order valence-corrected chi connectivity index (χ0v) is 16.2. The lowest BCUT2D eigenvalue weighted by Crippen LogP contribution is -3.06. The van der Waals surface area contributed by atoms with Gasteiger partial charge in [-0.15, -0.1) is 0 Å². The molecular weight excluding hydrogens is 342 g/mol. The molecule has 2 N–H and O–H groups in total. The number of hydrogen-bond acceptors (Lipinski definition) is 2. The maximum atomic E-state index is 6.21. The zero-order chi connectivity index (χ0) is 17.7. The first-order valence-electron chi connectivity index (χ1n) is 8.04. The molecule has 0 fully saturated rings. The van der Waals surface area contributed by atoms with Crippen molar-refractivity contribution in [3.8, 4) is 0 Å². The molecule has 1 heterocycles. The fourth-order valence-electron chi connectivity index (χ4n) is 2.36. The molecule has 2 rings (SSSR count). The second kappa shape index (κ2) is 8.51. The van der Waals surface area contributed by atoms with Gasteiger partial charge in [0.1, 0.15) is 5.76 Å². The van der Waals surface area contributed by atoms with Gasteiger partial charge in [-0.05, 0) is 55.9 Å². The van der Waals surface area contributed by atoms with Gasteiger partial charge >= 0.3 is 0 Å². The standard InChI is InChI=1S/C18H24ClN3OS/c1-13-7-8-15(12-16(13)19)20-18(24)22(10-9-21(3)4)14(2)17-6-5-11-23-17/h5-8,11-12,14H,9-10H2,1-4H3,(H,20,24)/p+1. The van der Waals surface area contributed by atoms with Crippen LogP contribution in [0, 0.1) is 6.92 Å². The molecule has 0 aliphatic rings. The van der Waals surface area contributed by atoms with E-state index in [0.29, 0.717) is 5.11 Å². The van der Waals surface area contributed by atoms with Crippen molar-refractivity contribution in [2.45, 2.75) is 19.9 Å². The number of rotatable bonds is 6. The summed E-state index contributed by atoms with van der Waals surface area (Å²) in [6, 6.07) is 9.80. The van der Waals surface area contributed by atoms with Gasteiger partial charge in [-0.2, -0.15) is 0 Å². The van der Waals surface area contributed by atoms with Crippen LogP contribution in [0.25, 0.3) is 0 Å². The Hall–Kier alpha value is -1.56. The Balaban J connectivity index is 2.15. The average Bonchev–Trinajstić information content (AvgIpc) is 3.05. The van der Waals surface area contributed by atoms with Gasteiger partial charge in [-0.25, -0.2) is 0 Å². The van der Waals surface area contributed by atoms with Crippen LogP contribution < -0.4 is 10.2 Å². The quantitative estimate of drug-likeness (QED) is 0.769. The molecular formula is C18H25ClN3OS+. The average molecular weight is 367 g/mol. The minimum absolute atomic E-state index is 0.0558. The fourth-order valence-corrected chi connectivity index (χ4v) is 2.91. The molecule has 130 valence electrons. The summed E-state index contributed by atoms with van der Waals surface area (Å²) in [6.07, 6.45) is 1.69. The highest BCUT2D eigenvalue weighted by molar-refractivity contribution is 7.80. The van der Waals surface area contributed by atoms with Gasteiger partial charge in [0.15, 0.2) is 5.11 Å². The molecule has 1 atom stereocenters. The van der Waals surface area contributed by atoms with E-state index in [-0.39, 0.29) is 6.04 Å². The van der Waals surface area contributed by atoms with Crippen molar-refractivity contribution >= 4 is 34.6 Å². The number of quaternary nitrogens is 1. The Morgan fingerprint density at radius 1 is 1.38 bits per heavy atom. The fraction of sp³-hybridized carbons (Fsp3) is 0.389. The summed E-state index contributed by atoms with van der Waals surface area (Å²) in [4.78, 5) is 3.52. The van der Waals surface area contributed by atoms with Gasteiger partial charge in [0.25, 0.3) is 0 Å². The van der Waals surface area contributed by atoms with E-state index in [9.17, 15) is 0 Å². The van der Waals surface area contributed by atoms with Crippen LogP contribution in [-0.4, -0.2) is 37.2 Å². The second-order valence-electron chi connectivity index (χ2n) is 6.24. The van der Waals surface area contributed by atoms with E-state index in [1.54, 1.807) is 6.26 Å². The SMILES string of the molecule is Cc1ccc(NC(=S)N(CC[NH+](C)C)C(C)c2ccco2)cc1Cl. The van der Waals surface area contributed by atoms with Crippen LogP contribution in [0.5, 0.6) is 0 Å². The molecule has 1 unspecified atom stereocenters. The minimum Gasteiger partial charge on any atom is -0.467 e. The normalized spacial score (nSPS) is 12.2. The Labute approximate surface area is 154 Å². The lowest BCUT2D eigenvalue weighted by Gasteiger charge is -2.31. The number of aryl methyl sites for hydroxylation is 1. The second-order valence-corrected chi connectivity index (χ2v) is 7.03. The highest BCUT2D eigenvalue weighted by atomic mass is 35.5. The third-order valence-electron chi connectivity index (χ3n) is 3.96. The molecule has 0 radical (unpaired) electrons. The zero-order valence-electron chi connectivity index (χ0n) is 14.6. The smallest absolute Gasteiger partial charge is 0.174 e. The number of anilines is 1. The molecule has 1 aromatic carbocycles. The molecule has 1 aromatic heterocycles. The Bertz CT molecular complexity index is 673. The van der Waals surface area contributed by atoms with Gasteiger partial charge in [0, 0.05) is 10.7 Å². The number of thiocarbonyl (C=S) groups is 1. The largest absolute Gasteiger partial charge is 0.467 e. The van der Waals surface area contributed by atoms with Gasteiger partial charge in [-0.1, -0.05) is 17.7 Å². The molecule has 0 saturated carbocycles. The maximum Gasteiger partial charge on any atom is 0.174 e. The van der Waals surface area contributed by atoms with Crippen molar-refractivity contribution in [2.75, 3.05) is 32.5 Å². The van der Waals surface area contributed by atoms with Crippen molar-refractivity contribution in [3.63, 3.8) is 0 Å². The van der Waals surface area contributed by atoms with Crippen LogP contribution >= 0.6 is 23.8 Å². The monoisotopic (exact) mass is 366 g/mol. The Morgan fingerprint density at radius 3 is 2.71 bits per heavy atom. The molecule has 0 aliphatic carbocycles. The molecule has 0 spiro atoms. The summed E-state index contributed by atoms with van der Waals surface area (Å²) < 4.78 is 5.56. The van der Waals surface area contributed by atoms with E-state index < -0.39 is 0 Å². The van der Waals surface area contributed by atoms with E-state index in [1.807, 2.05) is 37.3 Å². The Kier molecular flexibility index (Phi) is 6.66. The number of furan rings is 1. The summed E-state index contributed by atoms with van der Waals surface area (Å²) in [5.74, 6) is 0.898. The first-order valence-corrected chi connectivity index (χ1v) is 8.83. The van der Waals surface area contributed by atoms with Crippen molar-refractivity contribution in [1.29, 1.82) is 0 Å². The van der Waals surface area contributed by atoms with Crippen LogP contribution in [0.4, 0.5) is 5.69 Å². The van der Waals surface area contributed by atoms with Crippen LogP contribution in [0.15, 0.2) is 41.0 Å². The maximum absolute atomic E-state index is 6.21. The highest BCUT2D eigenvalue weighted by Gasteiger charge is 2.21. The van der Waals surface area contributed by atoms with Crippen molar-refractivity contribution in [3.05, 3.63) is 52.9 Å². The summed E-state index contributed by atoms with van der Waals surface area (Å²) in [6.45, 7) is 5.88. The predicted molar refractivity (Wildman–Crippen MR) is 104 cm³/mol. The lowest BCUT2D eigenvalue weighted by molar-refractivity contribution is -0.857. The number of benzene rings is 1. The molecule has 0 saturated heterocycles. The van der Waals surface area contributed by atoms with Gasteiger partial charge < -0.3 is 19.5 Å². The van der Waals surface area contributed by atoms with Crippen LogP contribution in [0.3, 0.4) is 0 Å². The number of nitrogens with one attached hydrogen (secondary N) is 2. The van der Waals surface area contributed by atoms with E-state index >= 15 is 0 Å². The van der Waals surface area contributed by atoms with Crippen LogP contribution in [-0.2, 0) is 0 Å². The topological polar surface area (TPSA) is 32.9 Å². The first-order chi connectivity index (χ1) is 11.4. The van der Waals surface area contributed by atoms with E-state index in [2.05, 4.69) is 31.2 Å². The summed E-state index contributed by atoms with van der Waals surface area (Å²) in [7, 11) is 4.26. The van der Waals surface area contributed by atoms with Crippen molar-refractivity contribution in [1.82, 2.24) is 4.90 Å². The third kappa shape index (κ3) is 4.97.